The fourth-order valence-electron chi connectivity index (χ4n) is 2.79. The lowest BCUT2D eigenvalue weighted by Crippen LogP contribution is -2.22. The third-order valence-corrected chi connectivity index (χ3v) is 4.50. The Morgan fingerprint density at radius 3 is 2.77 bits per heavy atom. The van der Waals surface area contributed by atoms with Crippen LogP contribution in [0.1, 0.15) is 21.9 Å². The normalized spacial score (nSPS) is 11.0. The second-order valence-electron chi connectivity index (χ2n) is 5.90. The Hall–Kier alpha value is -3.05. The molecule has 130 valence electrons. The summed E-state index contributed by atoms with van der Waals surface area (Å²) in [4.78, 5) is 16.6. The molecule has 0 aliphatic carbocycles. The molecule has 0 radical (unpaired) electrons. The molecule has 0 aliphatic rings. The van der Waals surface area contributed by atoms with Gasteiger partial charge in [-0.15, -0.1) is 0 Å². The number of halogens is 1. The molecule has 6 heteroatoms. The van der Waals surface area contributed by atoms with Crippen LogP contribution >= 0.6 is 11.6 Å². The standard InChI is InChI=1S/C20H16ClN3O2/c21-16-6-2-1-5-14(16)11-22-20(25)19-10-9-15(26-19)12-24-13-23-17-7-3-4-8-18(17)24/h1-10,13H,11-12H2,(H,22,25). The Kier molecular flexibility index (Phi) is 4.46. The number of carbonyl (C=O) groups is 1. The van der Waals surface area contributed by atoms with Gasteiger partial charge in [0.2, 0.25) is 0 Å². The van der Waals surface area contributed by atoms with E-state index in [1.165, 1.54) is 0 Å². The van der Waals surface area contributed by atoms with E-state index in [9.17, 15) is 4.79 Å². The smallest absolute Gasteiger partial charge is 0.287 e. The van der Waals surface area contributed by atoms with Gasteiger partial charge in [-0.1, -0.05) is 41.9 Å². The van der Waals surface area contributed by atoms with Crippen molar-refractivity contribution in [2.24, 2.45) is 0 Å². The lowest BCUT2D eigenvalue weighted by molar-refractivity contribution is 0.0921. The lowest BCUT2D eigenvalue weighted by atomic mass is 10.2. The highest BCUT2D eigenvalue weighted by Crippen LogP contribution is 2.17. The van der Waals surface area contributed by atoms with Crippen molar-refractivity contribution in [3.8, 4) is 0 Å². The third-order valence-electron chi connectivity index (χ3n) is 4.14. The maximum Gasteiger partial charge on any atom is 0.287 e. The van der Waals surface area contributed by atoms with Crippen molar-refractivity contribution in [1.29, 1.82) is 0 Å². The van der Waals surface area contributed by atoms with Crippen LogP contribution in [0.4, 0.5) is 0 Å². The molecule has 5 nitrogen and oxygen atoms in total. The first-order valence-corrected chi connectivity index (χ1v) is 8.59. The van der Waals surface area contributed by atoms with E-state index in [4.69, 9.17) is 16.0 Å². The van der Waals surface area contributed by atoms with E-state index >= 15 is 0 Å². The van der Waals surface area contributed by atoms with Gasteiger partial charge in [-0.3, -0.25) is 4.79 Å². The number of hydrogen-bond donors (Lipinski definition) is 1. The maximum absolute atomic E-state index is 12.3. The van der Waals surface area contributed by atoms with Gasteiger partial charge in [0.1, 0.15) is 5.76 Å². The zero-order chi connectivity index (χ0) is 17.9. The topological polar surface area (TPSA) is 60.1 Å². The van der Waals surface area contributed by atoms with Crippen LogP contribution in [0.3, 0.4) is 0 Å². The van der Waals surface area contributed by atoms with Gasteiger partial charge in [0.05, 0.1) is 23.9 Å². The SMILES string of the molecule is O=C(NCc1ccccc1Cl)c1ccc(Cn2cnc3ccccc32)o1. The molecule has 0 aliphatic heterocycles. The molecule has 0 saturated heterocycles. The molecular weight excluding hydrogens is 350 g/mol. The highest BCUT2D eigenvalue weighted by atomic mass is 35.5. The van der Waals surface area contributed by atoms with Crippen molar-refractivity contribution < 1.29 is 9.21 Å². The number of hydrogen-bond acceptors (Lipinski definition) is 3. The molecule has 0 bridgehead atoms. The molecule has 2 heterocycles. The second-order valence-corrected chi connectivity index (χ2v) is 6.31. The van der Waals surface area contributed by atoms with Gasteiger partial charge in [-0.25, -0.2) is 4.98 Å². The van der Waals surface area contributed by atoms with Crippen LogP contribution in [-0.4, -0.2) is 15.5 Å². The van der Waals surface area contributed by atoms with Gasteiger partial charge in [0.25, 0.3) is 5.91 Å². The van der Waals surface area contributed by atoms with Crippen molar-refractivity contribution in [1.82, 2.24) is 14.9 Å². The first kappa shape index (κ1) is 16.4. The number of benzene rings is 2. The molecule has 4 aromatic rings. The number of imidazole rings is 1. The van der Waals surface area contributed by atoms with Gasteiger partial charge < -0.3 is 14.3 Å². The van der Waals surface area contributed by atoms with Gasteiger partial charge in [-0.05, 0) is 35.9 Å². The molecule has 0 unspecified atom stereocenters. The van der Waals surface area contributed by atoms with E-state index in [0.717, 1.165) is 16.6 Å². The van der Waals surface area contributed by atoms with Gasteiger partial charge in [-0.2, -0.15) is 0 Å². The Morgan fingerprint density at radius 2 is 1.88 bits per heavy atom. The molecule has 0 saturated carbocycles. The summed E-state index contributed by atoms with van der Waals surface area (Å²) in [6, 6.07) is 18.8. The number of aromatic nitrogens is 2. The number of nitrogens with zero attached hydrogens (tertiary/aromatic N) is 2. The first-order chi connectivity index (χ1) is 12.7. The zero-order valence-electron chi connectivity index (χ0n) is 13.9. The Bertz CT molecular complexity index is 1070. The average Bonchev–Trinajstić information content (AvgIpc) is 3.29. The number of fused-ring (bicyclic) bond motifs is 1. The zero-order valence-corrected chi connectivity index (χ0v) is 14.6. The quantitative estimate of drug-likeness (QED) is 0.574. The lowest BCUT2D eigenvalue weighted by Gasteiger charge is -2.05. The van der Waals surface area contributed by atoms with Crippen LogP contribution in [0.5, 0.6) is 0 Å². The molecule has 26 heavy (non-hydrogen) atoms. The van der Waals surface area contributed by atoms with E-state index in [-0.39, 0.29) is 11.7 Å². The summed E-state index contributed by atoms with van der Waals surface area (Å²) in [7, 11) is 0. The van der Waals surface area contributed by atoms with Crippen LogP contribution < -0.4 is 5.32 Å². The fraction of sp³-hybridized carbons (Fsp3) is 0.100. The molecule has 0 atom stereocenters. The van der Waals surface area contributed by atoms with E-state index in [1.807, 2.05) is 47.0 Å². The molecule has 2 aromatic heterocycles. The summed E-state index contributed by atoms with van der Waals surface area (Å²) in [5.74, 6) is 0.694. The van der Waals surface area contributed by atoms with Crippen molar-refractivity contribution in [2.45, 2.75) is 13.1 Å². The number of nitrogens with one attached hydrogen (secondary N) is 1. The second kappa shape index (κ2) is 7.06. The largest absolute Gasteiger partial charge is 0.454 e. The number of amides is 1. The summed E-state index contributed by atoms with van der Waals surface area (Å²) >= 11 is 6.10. The molecule has 1 N–H and O–H groups in total. The first-order valence-electron chi connectivity index (χ1n) is 8.21. The minimum Gasteiger partial charge on any atom is -0.454 e. The third kappa shape index (κ3) is 3.34. The van der Waals surface area contributed by atoms with Crippen LogP contribution in [0.2, 0.25) is 5.02 Å². The average molecular weight is 366 g/mol. The number of carbonyl (C=O) groups excluding carboxylic acids is 1. The molecule has 2 aromatic carbocycles. The van der Waals surface area contributed by atoms with Crippen LogP contribution in [0.25, 0.3) is 11.0 Å². The summed E-state index contributed by atoms with van der Waals surface area (Å²) < 4.78 is 7.68. The molecule has 4 rings (SSSR count). The van der Waals surface area contributed by atoms with Crippen molar-refractivity contribution >= 4 is 28.5 Å². The van der Waals surface area contributed by atoms with E-state index in [0.29, 0.717) is 23.9 Å². The molecule has 0 fully saturated rings. The van der Waals surface area contributed by atoms with Crippen molar-refractivity contribution in [3.63, 3.8) is 0 Å². The monoisotopic (exact) mass is 365 g/mol. The molecule has 0 spiro atoms. The minimum atomic E-state index is -0.272. The summed E-state index contributed by atoms with van der Waals surface area (Å²) in [6.45, 7) is 0.860. The van der Waals surface area contributed by atoms with Crippen molar-refractivity contribution in [3.05, 3.63) is 89.1 Å². The minimum absolute atomic E-state index is 0.272. The predicted octanol–water partition coefficient (Wildman–Crippen LogP) is 4.26. The fourth-order valence-corrected chi connectivity index (χ4v) is 3.00. The van der Waals surface area contributed by atoms with Crippen molar-refractivity contribution in [2.75, 3.05) is 0 Å². The van der Waals surface area contributed by atoms with E-state index < -0.39 is 0 Å². The van der Waals surface area contributed by atoms with Gasteiger partial charge in [0.15, 0.2) is 5.76 Å². The summed E-state index contributed by atoms with van der Waals surface area (Å²) in [5.41, 5.74) is 2.81. The van der Waals surface area contributed by atoms with E-state index in [2.05, 4.69) is 10.3 Å². The Morgan fingerprint density at radius 1 is 1.08 bits per heavy atom. The summed E-state index contributed by atoms with van der Waals surface area (Å²) in [5, 5.41) is 3.45. The predicted molar refractivity (Wildman–Crippen MR) is 100 cm³/mol. The van der Waals surface area contributed by atoms with E-state index in [1.54, 1.807) is 24.5 Å². The van der Waals surface area contributed by atoms with Gasteiger partial charge >= 0.3 is 0 Å². The highest BCUT2D eigenvalue weighted by molar-refractivity contribution is 6.31. The number of rotatable bonds is 5. The van der Waals surface area contributed by atoms with Crippen LogP contribution in [0.15, 0.2) is 71.4 Å². The van der Waals surface area contributed by atoms with Gasteiger partial charge in [0, 0.05) is 11.6 Å². The highest BCUT2D eigenvalue weighted by Gasteiger charge is 2.12. The maximum atomic E-state index is 12.3. The van der Waals surface area contributed by atoms with Crippen LogP contribution in [-0.2, 0) is 13.1 Å². The van der Waals surface area contributed by atoms with Crippen LogP contribution in [0, 0.1) is 0 Å². The number of furan rings is 1. The summed E-state index contributed by atoms with van der Waals surface area (Å²) in [6.07, 6.45) is 1.77. The Labute approximate surface area is 155 Å². The number of para-hydroxylation sites is 2. The Balaban J connectivity index is 1.44. The molecule has 1 amide bonds. The molecular formula is C20H16ClN3O2.